The summed E-state index contributed by atoms with van der Waals surface area (Å²) in [5.74, 6) is -1.07. The van der Waals surface area contributed by atoms with E-state index in [0.29, 0.717) is 0 Å². The van der Waals surface area contributed by atoms with Crippen molar-refractivity contribution in [2.75, 3.05) is 19.8 Å². The van der Waals surface area contributed by atoms with Gasteiger partial charge in [-0.2, -0.15) is 0 Å². The van der Waals surface area contributed by atoms with Gasteiger partial charge in [-0.15, -0.1) is 13.2 Å². The van der Waals surface area contributed by atoms with Crippen LogP contribution in [0.1, 0.15) is 19.4 Å². The molecule has 31 heavy (non-hydrogen) atoms. The monoisotopic (exact) mass is 434 g/mol. The van der Waals surface area contributed by atoms with Crippen molar-refractivity contribution in [3.8, 4) is 0 Å². The van der Waals surface area contributed by atoms with Crippen LogP contribution in [0.4, 0.5) is 0 Å². The molecule has 8 heteroatoms. The SMILES string of the molecule is C=CCOC[C@H]1O[C@H](OCc2ccccc2)[C@H](OC(C)=O)[C@@H](OCC=C)[C@H]1OC(C)=O. The number of hydrogen-bond donors (Lipinski definition) is 0. The average Bonchev–Trinajstić information content (AvgIpc) is 2.74. The van der Waals surface area contributed by atoms with Crippen LogP contribution in [0.5, 0.6) is 0 Å². The van der Waals surface area contributed by atoms with Gasteiger partial charge in [0.2, 0.25) is 0 Å². The van der Waals surface area contributed by atoms with Gasteiger partial charge in [-0.1, -0.05) is 42.5 Å². The summed E-state index contributed by atoms with van der Waals surface area (Å²) in [5.41, 5.74) is 0.915. The van der Waals surface area contributed by atoms with E-state index in [4.69, 9.17) is 28.4 Å². The Morgan fingerprint density at radius 1 is 0.935 bits per heavy atom. The number of rotatable bonds is 12. The standard InChI is InChI=1S/C23H30O8/c1-5-12-26-15-19-20(29-16(3)24)21(27-13-6-2)22(30-17(4)25)23(31-19)28-14-18-10-8-7-9-11-18/h5-11,19-23H,1-2,12-15H2,3-4H3/t19-,20+,21+,22-,23+/m1/s1. The van der Waals surface area contributed by atoms with Crippen LogP contribution in [-0.2, 0) is 44.6 Å². The zero-order valence-corrected chi connectivity index (χ0v) is 17.9. The first-order valence-corrected chi connectivity index (χ1v) is 10.0. The van der Waals surface area contributed by atoms with E-state index < -0.39 is 42.6 Å². The van der Waals surface area contributed by atoms with E-state index in [9.17, 15) is 9.59 Å². The van der Waals surface area contributed by atoms with Crippen molar-refractivity contribution in [3.05, 3.63) is 61.2 Å². The molecular weight excluding hydrogens is 404 g/mol. The number of esters is 2. The third kappa shape index (κ3) is 7.91. The summed E-state index contributed by atoms with van der Waals surface area (Å²) in [4.78, 5) is 23.6. The molecule has 5 atom stereocenters. The van der Waals surface area contributed by atoms with E-state index in [1.165, 1.54) is 13.8 Å². The Labute approximate surface area is 182 Å². The van der Waals surface area contributed by atoms with Gasteiger partial charge in [-0.05, 0) is 5.56 Å². The first-order chi connectivity index (χ1) is 15.0. The normalized spacial score (nSPS) is 25.4. The van der Waals surface area contributed by atoms with Gasteiger partial charge >= 0.3 is 11.9 Å². The summed E-state index contributed by atoms with van der Waals surface area (Å²) in [6, 6.07) is 9.49. The van der Waals surface area contributed by atoms with E-state index >= 15 is 0 Å². The Hall–Kier alpha value is -2.52. The fraction of sp³-hybridized carbons (Fsp3) is 0.478. The minimum atomic E-state index is -0.971. The zero-order chi connectivity index (χ0) is 22.6. The van der Waals surface area contributed by atoms with Gasteiger partial charge in [0, 0.05) is 13.8 Å². The first kappa shape index (κ1) is 24.7. The van der Waals surface area contributed by atoms with Gasteiger partial charge in [-0.3, -0.25) is 9.59 Å². The van der Waals surface area contributed by atoms with E-state index in [1.807, 2.05) is 30.3 Å². The van der Waals surface area contributed by atoms with Crippen molar-refractivity contribution in [1.82, 2.24) is 0 Å². The van der Waals surface area contributed by atoms with Gasteiger partial charge < -0.3 is 28.4 Å². The Kier molecular flexibility index (Phi) is 10.4. The fourth-order valence-electron chi connectivity index (χ4n) is 3.19. The number of hydrogen-bond acceptors (Lipinski definition) is 8. The van der Waals surface area contributed by atoms with Gasteiger partial charge in [0.05, 0.1) is 26.4 Å². The van der Waals surface area contributed by atoms with Crippen LogP contribution in [-0.4, -0.2) is 62.5 Å². The second-order valence-electron chi connectivity index (χ2n) is 6.90. The topological polar surface area (TPSA) is 89.5 Å². The lowest BCUT2D eigenvalue weighted by molar-refractivity contribution is -0.314. The van der Waals surface area contributed by atoms with E-state index in [-0.39, 0.29) is 26.4 Å². The Morgan fingerprint density at radius 2 is 1.58 bits per heavy atom. The van der Waals surface area contributed by atoms with E-state index in [1.54, 1.807) is 12.2 Å². The summed E-state index contributed by atoms with van der Waals surface area (Å²) in [7, 11) is 0. The third-order valence-corrected chi connectivity index (χ3v) is 4.38. The molecule has 1 aromatic rings. The molecule has 8 nitrogen and oxygen atoms in total. The smallest absolute Gasteiger partial charge is 0.303 e. The van der Waals surface area contributed by atoms with Gasteiger partial charge in [0.15, 0.2) is 18.5 Å². The van der Waals surface area contributed by atoms with E-state index in [0.717, 1.165) is 5.56 Å². The maximum absolute atomic E-state index is 11.8. The van der Waals surface area contributed by atoms with Crippen molar-refractivity contribution in [3.63, 3.8) is 0 Å². The van der Waals surface area contributed by atoms with Crippen molar-refractivity contribution in [2.45, 2.75) is 51.2 Å². The van der Waals surface area contributed by atoms with Crippen molar-refractivity contribution >= 4 is 11.9 Å². The largest absolute Gasteiger partial charge is 0.457 e. The summed E-state index contributed by atoms with van der Waals surface area (Å²) in [6.07, 6.45) is -1.24. The third-order valence-electron chi connectivity index (χ3n) is 4.38. The molecular formula is C23H30O8. The van der Waals surface area contributed by atoms with Crippen LogP contribution in [0.25, 0.3) is 0 Å². The molecule has 0 bridgehead atoms. The Morgan fingerprint density at radius 3 is 2.19 bits per heavy atom. The fourth-order valence-corrected chi connectivity index (χ4v) is 3.19. The predicted molar refractivity (Wildman–Crippen MR) is 112 cm³/mol. The van der Waals surface area contributed by atoms with Crippen LogP contribution in [0.15, 0.2) is 55.6 Å². The number of carbonyl (C=O) groups is 2. The molecule has 0 aliphatic carbocycles. The Bertz CT molecular complexity index is 720. The maximum atomic E-state index is 11.8. The van der Waals surface area contributed by atoms with Crippen LogP contribution >= 0.6 is 0 Å². The van der Waals surface area contributed by atoms with Crippen LogP contribution in [0.2, 0.25) is 0 Å². The zero-order valence-electron chi connectivity index (χ0n) is 17.9. The molecule has 1 aromatic carbocycles. The molecule has 1 aliphatic heterocycles. The molecule has 0 amide bonds. The predicted octanol–water partition coefficient (Wildman–Crippen LogP) is 2.57. The second-order valence-corrected chi connectivity index (χ2v) is 6.90. The molecule has 1 heterocycles. The average molecular weight is 434 g/mol. The highest BCUT2D eigenvalue weighted by Gasteiger charge is 2.51. The van der Waals surface area contributed by atoms with Crippen LogP contribution in [0.3, 0.4) is 0 Å². The quantitative estimate of drug-likeness (QED) is 0.282. The first-order valence-electron chi connectivity index (χ1n) is 10.0. The molecule has 170 valence electrons. The van der Waals surface area contributed by atoms with Gasteiger partial charge in [0.25, 0.3) is 0 Å². The molecule has 1 aliphatic rings. The summed E-state index contributed by atoms with van der Waals surface area (Å²) in [6.45, 7) is 10.6. The molecule has 0 aromatic heterocycles. The minimum absolute atomic E-state index is 0.0932. The second kappa shape index (κ2) is 13.0. The van der Waals surface area contributed by atoms with Crippen molar-refractivity contribution in [1.29, 1.82) is 0 Å². The highest BCUT2D eigenvalue weighted by atomic mass is 16.7. The summed E-state index contributed by atoms with van der Waals surface area (Å²) >= 11 is 0. The molecule has 1 saturated heterocycles. The molecule has 0 radical (unpaired) electrons. The van der Waals surface area contributed by atoms with E-state index in [2.05, 4.69) is 13.2 Å². The molecule has 0 spiro atoms. The molecule has 1 fully saturated rings. The lowest BCUT2D eigenvalue weighted by Gasteiger charge is -2.44. The van der Waals surface area contributed by atoms with Gasteiger partial charge in [-0.25, -0.2) is 0 Å². The maximum Gasteiger partial charge on any atom is 0.303 e. The van der Waals surface area contributed by atoms with Crippen LogP contribution in [0, 0.1) is 0 Å². The molecule has 0 unspecified atom stereocenters. The number of carbonyl (C=O) groups excluding carboxylic acids is 2. The molecule has 0 N–H and O–H groups in total. The van der Waals surface area contributed by atoms with Crippen molar-refractivity contribution < 1.29 is 38.0 Å². The number of benzene rings is 1. The summed E-state index contributed by atoms with van der Waals surface area (Å²) in [5, 5.41) is 0. The highest BCUT2D eigenvalue weighted by Crippen LogP contribution is 2.30. The molecule has 2 rings (SSSR count). The van der Waals surface area contributed by atoms with Crippen LogP contribution < -0.4 is 0 Å². The minimum Gasteiger partial charge on any atom is -0.457 e. The lowest BCUT2D eigenvalue weighted by atomic mass is 9.98. The Balaban J connectivity index is 2.30. The van der Waals surface area contributed by atoms with Crippen molar-refractivity contribution in [2.24, 2.45) is 0 Å². The summed E-state index contributed by atoms with van der Waals surface area (Å²) < 4.78 is 34.4. The lowest BCUT2D eigenvalue weighted by Crippen LogP contribution is -2.62. The highest BCUT2D eigenvalue weighted by molar-refractivity contribution is 5.67. The van der Waals surface area contributed by atoms with Gasteiger partial charge in [0.1, 0.15) is 12.2 Å². The number of ether oxygens (including phenoxy) is 6. The molecule has 0 saturated carbocycles.